The van der Waals surface area contributed by atoms with Crippen LogP contribution in [-0.4, -0.2) is 34.9 Å². The van der Waals surface area contributed by atoms with Crippen molar-refractivity contribution in [2.45, 2.75) is 174 Å². The molecule has 0 aromatic heterocycles. The average Bonchev–Trinajstić information content (AvgIpc) is 2.97. The van der Waals surface area contributed by atoms with Gasteiger partial charge in [0.2, 0.25) is 5.91 Å². The Labute approximate surface area is 254 Å². The van der Waals surface area contributed by atoms with Gasteiger partial charge in [-0.3, -0.25) is 4.79 Å². The summed E-state index contributed by atoms with van der Waals surface area (Å²) in [5.74, 6) is -0.0451. The van der Waals surface area contributed by atoms with Gasteiger partial charge in [0.15, 0.2) is 0 Å². The molecule has 2 atom stereocenters. The van der Waals surface area contributed by atoms with Crippen LogP contribution in [0.5, 0.6) is 0 Å². The molecule has 238 valence electrons. The Balaban J connectivity index is 3.52. The molecule has 0 aromatic rings. The van der Waals surface area contributed by atoms with Gasteiger partial charge in [-0.2, -0.15) is 0 Å². The third-order valence-corrected chi connectivity index (χ3v) is 7.60. The normalized spacial score (nSPS) is 13.8. The zero-order valence-corrected chi connectivity index (χ0v) is 27.0. The molecule has 41 heavy (non-hydrogen) atoms. The van der Waals surface area contributed by atoms with Gasteiger partial charge in [-0.15, -0.1) is 0 Å². The van der Waals surface area contributed by atoms with Crippen LogP contribution in [-0.2, 0) is 4.79 Å². The van der Waals surface area contributed by atoms with Crippen LogP contribution in [0.15, 0.2) is 48.6 Å². The highest BCUT2D eigenvalue weighted by atomic mass is 16.3. The number of unbranched alkanes of at least 4 members (excludes halogenated alkanes) is 15. The van der Waals surface area contributed by atoms with Crippen molar-refractivity contribution in [3.8, 4) is 0 Å². The number of rotatable bonds is 30. The highest BCUT2D eigenvalue weighted by Crippen LogP contribution is 2.13. The van der Waals surface area contributed by atoms with Gasteiger partial charge in [-0.05, 0) is 51.4 Å². The third kappa shape index (κ3) is 29.6. The van der Waals surface area contributed by atoms with Gasteiger partial charge in [-0.1, -0.05) is 152 Å². The Morgan fingerprint density at radius 2 is 1.07 bits per heavy atom. The molecular weight excluding hydrogens is 506 g/mol. The highest BCUT2D eigenvalue weighted by Gasteiger charge is 2.19. The van der Waals surface area contributed by atoms with E-state index in [4.69, 9.17) is 0 Å². The minimum absolute atomic E-state index is 0.0451. The topological polar surface area (TPSA) is 69.6 Å². The molecular formula is C37H67NO3. The molecule has 1 amide bonds. The van der Waals surface area contributed by atoms with E-state index in [1.807, 2.05) is 0 Å². The van der Waals surface area contributed by atoms with Crippen LogP contribution in [0, 0.1) is 0 Å². The van der Waals surface area contributed by atoms with Gasteiger partial charge < -0.3 is 15.5 Å². The van der Waals surface area contributed by atoms with Crippen LogP contribution in [0.4, 0.5) is 0 Å². The van der Waals surface area contributed by atoms with Gasteiger partial charge >= 0.3 is 0 Å². The lowest BCUT2D eigenvalue weighted by Crippen LogP contribution is -2.45. The molecule has 3 N–H and O–H groups in total. The quantitative estimate of drug-likeness (QED) is 0.0591. The molecule has 2 unspecified atom stereocenters. The monoisotopic (exact) mass is 574 g/mol. The fourth-order valence-electron chi connectivity index (χ4n) is 4.94. The molecule has 0 radical (unpaired) electrons. The number of carbonyl (C=O) groups excluding carboxylic acids is 1. The van der Waals surface area contributed by atoms with E-state index < -0.39 is 12.1 Å². The third-order valence-electron chi connectivity index (χ3n) is 7.60. The molecule has 0 aliphatic heterocycles. The molecule has 4 nitrogen and oxygen atoms in total. The number of hydrogen-bond donors (Lipinski definition) is 3. The number of amides is 1. The summed E-state index contributed by atoms with van der Waals surface area (Å²) in [5, 5.41) is 22.8. The van der Waals surface area contributed by atoms with E-state index in [9.17, 15) is 15.0 Å². The van der Waals surface area contributed by atoms with Crippen LogP contribution >= 0.6 is 0 Å². The fourth-order valence-corrected chi connectivity index (χ4v) is 4.94. The molecule has 0 heterocycles. The van der Waals surface area contributed by atoms with Crippen molar-refractivity contribution in [2.75, 3.05) is 6.61 Å². The smallest absolute Gasteiger partial charge is 0.220 e. The Kier molecular flexibility index (Phi) is 31.5. The van der Waals surface area contributed by atoms with Crippen molar-refractivity contribution in [1.82, 2.24) is 5.32 Å². The van der Waals surface area contributed by atoms with Crippen LogP contribution < -0.4 is 5.32 Å². The first kappa shape index (κ1) is 39.4. The largest absolute Gasteiger partial charge is 0.394 e. The van der Waals surface area contributed by atoms with E-state index in [-0.39, 0.29) is 12.5 Å². The van der Waals surface area contributed by atoms with E-state index in [2.05, 4.69) is 67.8 Å². The number of hydrogen-bond acceptors (Lipinski definition) is 3. The molecule has 0 rings (SSSR count). The SMILES string of the molecule is CC/C=C\C/C=C\C/C=C\C/C=C\CCCCCCCCCCCCC(=O)NC(CO)C(O)CCCCCCCC. The van der Waals surface area contributed by atoms with Crippen molar-refractivity contribution >= 4 is 5.91 Å². The fraction of sp³-hybridized carbons (Fsp3) is 0.757. The summed E-state index contributed by atoms with van der Waals surface area (Å²) in [4.78, 5) is 12.2. The number of aliphatic hydroxyl groups excluding tert-OH is 2. The van der Waals surface area contributed by atoms with Crippen molar-refractivity contribution in [3.63, 3.8) is 0 Å². The summed E-state index contributed by atoms with van der Waals surface area (Å²) < 4.78 is 0. The molecule has 0 bridgehead atoms. The van der Waals surface area contributed by atoms with Crippen LogP contribution in [0.2, 0.25) is 0 Å². The predicted octanol–water partition coefficient (Wildman–Crippen LogP) is 10.1. The second-order valence-corrected chi connectivity index (χ2v) is 11.6. The van der Waals surface area contributed by atoms with Gasteiger partial charge in [0.1, 0.15) is 0 Å². The van der Waals surface area contributed by atoms with Gasteiger partial charge in [0.25, 0.3) is 0 Å². The van der Waals surface area contributed by atoms with Crippen LogP contribution in [0.3, 0.4) is 0 Å². The second kappa shape index (κ2) is 32.9. The van der Waals surface area contributed by atoms with Crippen LogP contribution in [0.1, 0.15) is 162 Å². The molecule has 0 fully saturated rings. The average molecular weight is 574 g/mol. The van der Waals surface area contributed by atoms with E-state index in [0.29, 0.717) is 12.8 Å². The molecule has 0 saturated heterocycles. The number of nitrogens with one attached hydrogen (secondary N) is 1. The molecule has 4 heteroatoms. The number of carbonyl (C=O) groups is 1. The maximum atomic E-state index is 12.2. The van der Waals surface area contributed by atoms with E-state index in [1.165, 1.54) is 83.5 Å². The van der Waals surface area contributed by atoms with Gasteiger partial charge in [0, 0.05) is 6.42 Å². The molecule has 0 aliphatic carbocycles. The minimum Gasteiger partial charge on any atom is -0.394 e. The van der Waals surface area contributed by atoms with Crippen molar-refractivity contribution in [2.24, 2.45) is 0 Å². The minimum atomic E-state index is -0.658. The summed E-state index contributed by atoms with van der Waals surface area (Å²) in [5.41, 5.74) is 0. The van der Waals surface area contributed by atoms with E-state index >= 15 is 0 Å². The van der Waals surface area contributed by atoms with Crippen molar-refractivity contribution < 1.29 is 15.0 Å². The number of aliphatic hydroxyl groups is 2. The summed E-state index contributed by atoms with van der Waals surface area (Å²) in [7, 11) is 0. The lowest BCUT2D eigenvalue weighted by Gasteiger charge is -2.22. The second-order valence-electron chi connectivity index (χ2n) is 11.6. The first-order chi connectivity index (χ1) is 20.2. The Morgan fingerprint density at radius 1 is 0.610 bits per heavy atom. The summed E-state index contributed by atoms with van der Waals surface area (Å²) in [6, 6.07) is -0.535. The standard InChI is InChI=1S/C37H67NO3/c1-3-5-7-9-11-12-13-14-15-16-17-18-19-20-21-22-23-24-25-26-27-29-31-33-37(41)38-35(34-39)36(40)32-30-28-10-8-6-4-2/h5,7,11-12,14-15,17-18,35-36,39-40H,3-4,6,8-10,13,16,19-34H2,1-2H3,(H,38,41)/b7-5-,12-11-,15-14-,18-17-. The maximum Gasteiger partial charge on any atom is 0.220 e. The predicted molar refractivity (Wildman–Crippen MR) is 179 cm³/mol. The molecule has 0 saturated carbocycles. The first-order valence-corrected chi connectivity index (χ1v) is 17.3. The zero-order chi connectivity index (χ0) is 30.1. The Bertz CT molecular complexity index is 667. The van der Waals surface area contributed by atoms with Crippen molar-refractivity contribution in [3.05, 3.63) is 48.6 Å². The lowest BCUT2D eigenvalue weighted by molar-refractivity contribution is -0.123. The van der Waals surface area contributed by atoms with E-state index in [1.54, 1.807) is 0 Å². The summed E-state index contributed by atoms with van der Waals surface area (Å²) >= 11 is 0. The van der Waals surface area contributed by atoms with Gasteiger partial charge in [-0.25, -0.2) is 0 Å². The lowest BCUT2D eigenvalue weighted by atomic mass is 10.0. The van der Waals surface area contributed by atoms with Crippen molar-refractivity contribution in [1.29, 1.82) is 0 Å². The maximum absolute atomic E-state index is 12.2. The highest BCUT2D eigenvalue weighted by molar-refractivity contribution is 5.76. The molecule has 0 aromatic carbocycles. The summed E-state index contributed by atoms with van der Waals surface area (Å²) in [6.45, 7) is 4.17. The van der Waals surface area contributed by atoms with Crippen LogP contribution in [0.25, 0.3) is 0 Å². The first-order valence-electron chi connectivity index (χ1n) is 17.3. The Morgan fingerprint density at radius 3 is 1.61 bits per heavy atom. The summed E-state index contributed by atoms with van der Waals surface area (Å²) in [6.07, 6.45) is 43.2. The number of allylic oxidation sites excluding steroid dienone is 8. The zero-order valence-electron chi connectivity index (χ0n) is 27.0. The van der Waals surface area contributed by atoms with E-state index in [0.717, 1.165) is 51.4 Å². The molecule has 0 aliphatic rings. The molecule has 0 spiro atoms. The Hall–Kier alpha value is -1.65. The van der Waals surface area contributed by atoms with Gasteiger partial charge in [0.05, 0.1) is 18.8 Å².